The Hall–Kier alpha value is -2.37. The number of hydrogen-bond acceptors (Lipinski definition) is 3. The van der Waals surface area contributed by atoms with Crippen LogP contribution in [0.1, 0.15) is 12.5 Å². The number of hydrogen-bond donors (Lipinski definition) is 2. The van der Waals surface area contributed by atoms with E-state index in [9.17, 15) is 9.59 Å². The van der Waals surface area contributed by atoms with E-state index < -0.39 is 11.9 Å². The average Bonchev–Trinajstić information content (AvgIpc) is 3.04. The molecule has 0 spiro atoms. The molecule has 2 atom stereocenters. The molecule has 1 amide bonds. The Bertz CT molecular complexity index is 694. The molecule has 1 aromatic carbocycles. The number of H-pyrrole nitrogens is 1. The molecular weight excluding hydrogens is 270 g/mol. The van der Waals surface area contributed by atoms with E-state index in [0.29, 0.717) is 13.1 Å². The number of aromatic amines is 1. The Morgan fingerprint density at radius 1 is 1.43 bits per heavy atom. The van der Waals surface area contributed by atoms with Crippen LogP contribution in [0.2, 0.25) is 0 Å². The molecule has 0 radical (unpaired) electrons. The molecule has 1 saturated heterocycles. The van der Waals surface area contributed by atoms with E-state index >= 15 is 0 Å². The van der Waals surface area contributed by atoms with Crippen molar-refractivity contribution in [1.82, 2.24) is 15.1 Å². The van der Waals surface area contributed by atoms with Crippen LogP contribution in [0.5, 0.6) is 0 Å². The minimum atomic E-state index is -0.823. The summed E-state index contributed by atoms with van der Waals surface area (Å²) in [5.41, 5.74) is 1.81. The van der Waals surface area contributed by atoms with E-state index in [4.69, 9.17) is 5.11 Å². The number of carbonyl (C=O) groups is 2. The molecule has 21 heavy (non-hydrogen) atoms. The molecule has 0 bridgehead atoms. The van der Waals surface area contributed by atoms with Gasteiger partial charge in [-0.1, -0.05) is 19.1 Å². The zero-order valence-electron chi connectivity index (χ0n) is 11.7. The second-order valence-electron chi connectivity index (χ2n) is 5.69. The van der Waals surface area contributed by atoms with Gasteiger partial charge < -0.3 is 10.0 Å². The number of benzene rings is 1. The van der Waals surface area contributed by atoms with Crippen molar-refractivity contribution in [3.63, 3.8) is 0 Å². The highest BCUT2D eigenvalue weighted by Gasteiger charge is 2.36. The summed E-state index contributed by atoms with van der Waals surface area (Å²) in [6.07, 6.45) is 2.02. The van der Waals surface area contributed by atoms with Crippen LogP contribution in [-0.2, 0) is 16.0 Å². The van der Waals surface area contributed by atoms with Gasteiger partial charge in [-0.05, 0) is 17.5 Å². The topological polar surface area (TPSA) is 86.3 Å². The molecule has 2 N–H and O–H groups in total. The third-order valence-electron chi connectivity index (χ3n) is 4.14. The van der Waals surface area contributed by atoms with Crippen LogP contribution in [-0.4, -0.2) is 45.2 Å². The van der Waals surface area contributed by atoms with Crippen molar-refractivity contribution in [1.29, 1.82) is 0 Å². The fraction of sp³-hybridized carbons (Fsp3) is 0.400. The lowest BCUT2D eigenvalue weighted by atomic mass is 9.99. The van der Waals surface area contributed by atoms with Gasteiger partial charge in [-0.25, -0.2) is 0 Å². The Balaban J connectivity index is 1.70. The highest BCUT2D eigenvalue weighted by Crippen LogP contribution is 2.24. The number of nitrogens with zero attached hydrogens (tertiary/aromatic N) is 2. The maximum Gasteiger partial charge on any atom is 0.308 e. The summed E-state index contributed by atoms with van der Waals surface area (Å²) in [5, 5.41) is 17.0. The second-order valence-corrected chi connectivity index (χ2v) is 5.69. The predicted octanol–water partition coefficient (Wildman–Crippen LogP) is 1.28. The molecule has 0 unspecified atom stereocenters. The van der Waals surface area contributed by atoms with Crippen LogP contribution in [0.15, 0.2) is 24.4 Å². The Morgan fingerprint density at radius 2 is 2.24 bits per heavy atom. The van der Waals surface area contributed by atoms with Crippen molar-refractivity contribution in [3.05, 3.63) is 30.0 Å². The fourth-order valence-electron chi connectivity index (χ4n) is 2.87. The first kappa shape index (κ1) is 13.6. The van der Waals surface area contributed by atoms with Gasteiger partial charge >= 0.3 is 5.97 Å². The van der Waals surface area contributed by atoms with E-state index in [0.717, 1.165) is 16.5 Å². The number of rotatable bonds is 3. The van der Waals surface area contributed by atoms with Crippen LogP contribution in [0.3, 0.4) is 0 Å². The van der Waals surface area contributed by atoms with Crippen molar-refractivity contribution in [2.24, 2.45) is 11.8 Å². The predicted molar refractivity (Wildman–Crippen MR) is 76.7 cm³/mol. The maximum absolute atomic E-state index is 12.3. The van der Waals surface area contributed by atoms with Gasteiger partial charge in [0.05, 0.1) is 24.1 Å². The summed E-state index contributed by atoms with van der Waals surface area (Å²) in [5.74, 6) is -1.30. The first-order valence-corrected chi connectivity index (χ1v) is 6.97. The molecule has 6 nitrogen and oxygen atoms in total. The molecule has 0 aliphatic carbocycles. The summed E-state index contributed by atoms with van der Waals surface area (Å²) < 4.78 is 0. The molecular formula is C15H17N3O3. The number of likely N-dealkylation sites (tertiary alicyclic amines) is 1. The maximum atomic E-state index is 12.3. The van der Waals surface area contributed by atoms with Crippen molar-refractivity contribution in [2.45, 2.75) is 13.3 Å². The molecule has 2 heterocycles. The van der Waals surface area contributed by atoms with E-state index in [1.807, 2.05) is 25.1 Å². The lowest BCUT2D eigenvalue weighted by Crippen LogP contribution is -2.31. The Morgan fingerprint density at radius 3 is 2.95 bits per heavy atom. The van der Waals surface area contributed by atoms with E-state index in [-0.39, 0.29) is 18.2 Å². The molecule has 3 rings (SSSR count). The van der Waals surface area contributed by atoms with Gasteiger partial charge in [0.2, 0.25) is 5.91 Å². The number of aromatic nitrogens is 2. The number of amides is 1. The minimum Gasteiger partial charge on any atom is -0.481 e. The number of carboxylic acids is 1. The molecule has 1 aliphatic heterocycles. The zero-order chi connectivity index (χ0) is 15.0. The monoisotopic (exact) mass is 287 g/mol. The highest BCUT2D eigenvalue weighted by molar-refractivity contribution is 5.83. The Labute approximate surface area is 121 Å². The molecule has 2 aromatic rings. The van der Waals surface area contributed by atoms with E-state index in [1.54, 1.807) is 11.1 Å². The summed E-state index contributed by atoms with van der Waals surface area (Å²) >= 11 is 0. The second kappa shape index (κ2) is 5.20. The lowest BCUT2D eigenvalue weighted by Gasteiger charge is -2.15. The first-order chi connectivity index (χ1) is 10.0. The fourth-order valence-corrected chi connectivity index (χ4v) is 2.87. The van der Waals surface area contributed by atoms with Crippen LogP contribution in [0, 0.1) is 11.8 Å². The third kappa shape index (κ3) is 2.61. The normalized spacial score (nSPS) is 21.9. The number of nitrogens with one attached hydrogen (secondary N) is 1. The van der Waals surface area contributed by atoms with Crippen molar-refractivity contribution >= 4 is 22.8 Å². The number of fused-ring (bicyclic) bond motifs is 1. The standard InChI is InChI=1S/C15H17N3O3/c1-9-7-18(8-12(9)15(20)21)14(19)5-10-2-3-11-6-16-17-13(11)4-10/h2-4,6,9,12H,5,7-8H2,1H3,(H,16,17)(H,20,21)/t9-,12-/m1/s1. The van der Waals surface area contributed by atoms with Gasteiger partial charge in [-0.3, -0.25) is 14.7 Å². The number of carboxylic acid groups (broad SMARTS) is 1. The molecule has 6 heteroatoms. The third-order valence-corrected chi connectivity index (χ3v) is 4.14. The van der Waals surface area contributed by atoms with Gasteiger partial charge in [-0.15, -0.1) is 0 Å². The molecule has 0 saturated carbocycles. The van der Waals surface area contributed by atoms with E-state index in [1.165, 1.54) is 0 Å². The quantitative estimate of drug-likeness (QED) is 0.890. The SMILES string of the molecule is C[C@@H]1CN(C(=O)Cc2ccc3cn[nH]c3c2)C[C@H]1C(=O)O. The smallest absolute Gasteiger partial charge is 0.308 e. The van der Waals surface area contributed by atoms with Crippen molar-refractivity contribution < 1.29 is 14.7 Å². The zero-order valence-corrected chi connectivity index (χ0v) is 11.7. The van der Waals surface area contributed by atoms with Crippen molar-refractivity contribution in [2.75, 3.05) is 13.1 Å². The molecule has 1 aromatic heterocycles. The van der Waals surface area contributed by atoms with Gasteiger partial charge in [0.15, 0.2) is 0 Å². The largest absolute Gasteiger partial charge is 0.481 e. The number of aliphatic carboxylic acids is 1. The van der Waals surface area contributed by atoms with Gasteiger partial charge in [-0.2, -0.15) is 5.10 Å². The summed E-state index contributed by atoms with van der Waals surface area (Å²) in [6, 6.07) is 5.74. The summed E-state index contributed by atoms with van der Waals surface area (Å²) in [7, 11) is 0. The Kier molecular flexibility index (Phi) is 3.37. The van der Waals surface area contributed by atoms with Gasteiger partial charge in [0.25, 0.3) is 0 Å². The minimum absolute atomic E-state index is 0.00142. The van der Waals surface area contributed by atoms with Crippen LogP contribution < -0.4 is 0 Å². The van der Waals surface area contributed by atoms with Gasteiger partial charge in [0.1, 0.15) is 0 Å². The molecule has 1 aliphatic rings. The van der Waals surface area contributed by atoms with Crippen LogP contribution in [0.4, 0.5) is 0 Å². The first-order valence-electron chi connectivity index (χ1n) is 6.97. The van der Waals surface area contributed by atoms with Crippen LogP contribution >= 0.6 is 0 Å². The lowest BCUT2D eigenvalue weighted by molar-refractivity contribution is -0.142. The summed E-state index contributed by atoms with van der Waals surface area (Å²) in [4.78, 5) is 25.1. The highest BCUT2D eigenvalue weighted by atomic mass is 16.4. The number of carbonyl (C=O) groups excluding carboxylic acids is 1. The van der Waals surface area contributed by atoms with Crippen LogP contribution in [0.25, 0.3) is 10.9 Å². The van der Waals surface area contributed by atoms with E-state index in [2.05, 4.69) is 10.2 Å². The molecule has 1 fully saturated rings. The van der Waals surface area contributed by atoms with Crippen molar-refractivity contribution in [3.8, 4) is 0 Å². The average molecular weight is 287 g/mol. The van der Waals surface area contributed by atoms with Gasteiger partial charge in [0, 0.05) is 18.5 Å². The molecule has 110 valence electrons. The summed E-state index contributed by atoms with van der Waals surface area (Å²) in [6.45, 7) is 2.70.